The summed E-state index contributed by atoms with van der Waals surface area (Å²) in [6.07, 6.45) is 1.55. The summed E-state index contributed by atoms with van der Waals surface area (Å²) in [5.74, 6) is 0.953. The Bertz CT molecular complexity index is 932. The van der Waals surface area contributed by atoms with Crippen molar-refractivity contribution in [2.24, 2.45) is 0 Å². The van der Waals surface area contributed by atoms with Crippen molar-refractivity contribution in [3.8, 4) is 11.5 Å². The van der Waals surface area contributed by atoms with Crippen LogP contribution < -0.4 is 20.3 Å². The van der Waals surface area contributed by atoms with Crippen LogP contribution in [-0.2, 0) is 4.79 Å². The molecule has 0 spiro atoms. The van der Waals surface area contributed by atoms with Gasteiger partial charge in [0.05, 0.1) is 12.0 Å². The molecule has 25 heavy (non-hydrogen) atoms. The molecule has 1 heterocycles. The predicted octanol–water partition coefficient (Wildman–Crippen LogP) is 2.94. The van der Waals surface area contributed by atoms with E-state index in [-0.39, 0.29) is 18.1 Å². The minimum absolute atomic E-state index is 0.154. The van der Waals surface area contributed by atoms with Crippen LogP contribution in [0.25, 0.3) is 10.8 Å². The van der Waals surface area contributed by atoms with Crippen LogP contribution in [0.1, 0.15) is 6.92 Å². The number of fused-ring (bicyclic) bond motifs is 1. The molecule has 2 N–H and O–H groups in total. The standard InChI is InChI=1S/C19H18N2O4/c1-2-24-14-8-6-13(7-9-14)21-18(22)12-25-17-5-3-4-16-15(17)10-11-20-19(16)23/h3-11H,2,12H2,1H3,(H,20,23)(H,21,22). The van der Waals surface area contributed by atoms with Crippen LogP contribution in [0.5, 0.6) is 11.5 Å². The second-order valence-electron chi connectivity index (χ2n) is 5.32. The van der Waals surface area contributed by atoms with E-state index >= 15 is 0 Å². The van der Waals surface area contributed by atoms with Gasteiger partial charge in [-0.15, -0.1) is 0 Å². The summed E-state index contributed by atoms with van der Waals surface area (Å²) in [5, 5.41) is 3.94. The van der Waals surface area contributed by atoms with Gasteiger partial charge in [-0.1, -0.05) is 6.07 Å². The number of nitrogens with one attached hydrogen (secondary N) is 2. The van der Waals surface area contributed by atoms with Crippen molar-refractivity contribution in [3.05, 3.63) is 65.1 Å². The van der Waals surface area contributed by atoms with Crippen molar-refractivity contribution >= 4 is 22.4 Å². The fourth-order valence-electron chi connectivity index (χ4n) is 2.46. The molecule has 3 rings (SSSR count). The maximum atomic E-state index is 12.1. The highest BCUT2D eigenvalue weighted by Gasteiger charge is 2.08. The lowest BCUT2D eigenvalue weighted by Crippen LogP contribution is -2.20. The van der Waals surface area contributed by atoms with E-state index in [1.165, 1.54) is 0 Å². The highest BCUT2D eigenvalue weighted by molar-refractivity contribution is 5.92. The minimum atomic E-state index is -0.286. The first-order chi connectivity index (χ1) is 12.2. The minimum Gasteiger partial charge on any atom is -0.494 e. The zero-order valence-electron chi connectivity index (χ0n) is 13.7. The van der Waals surface area contributed by atoms with Gasteiger partial charge in [-0.3, -0.25) is 9.59 Å². The Morgan fingerprint density at radius 1 is 1.04 bits per heavy atom. The molecule has 128 valence electrons. The van der Waals surface area contributed by atoms with Crippen LogP contribution in [-0.4, -0.2) is 24.1 Å². The van der Waals surface area contributed by atoms with Gasteiger partial charge < -0.3 is 19.8 Å². The van der Waals surface area contributed by atoms with Crippen LogP contribution in [0.3, 0.4) is 0 Å². The van der Waals surface area contributed by atoms with Crippen LogP contribution >= 0.6 is 0 Å². The lowest BCUT2D eigenvalue weighted by atomic mass is 10.1. The van der Waals surface area contributed by atoms with Gasteiger partial charge in [-0.2, -0.15) is 0 Å². The first kappa shape index (κ1) is 16.6. The Morgan fingerprint density at radius 2 is 1.84 bits per heavy atom. The molecule has 1 aromatic heterocycles. The second-order valence-corrected chi connectivity index (χ2v) is 5.32. The van der Waals surface area contributed by atoms with E-state index in [0.29, 0.717) is 28.8 Å². The van der Waals surface area contributed by atoms with E-state index in [0.717, 1.165) is 5.75 Å². The second kappa shape index (κ2) is 7.53. The largest absolute Gasteiger partial charge is 0.494 e. The molecule has 6 nitrogen and oxygen atoms in total. The van der Waals surface area contributed by atoms with Gasteiger partial charge in [0.15, 0.2) is 6.61 Å². The van der Waals surface area contributed by atoms with E-state index in [1.807, 2.05) is 6.92 Å². The lowest BCUT2D eigenvalue weighted by molar-refractivity contribution is -0.118. The monoisotopic (exact) mass is 338 g/mol. The Balaban J connectivity index is 1.65. The SMILES string of the molecule is CCOc1ccc(NC(=O)COc2cccc3c(=O)[nH]ccc23)cc1. The summed E-state index contributed by atoms with van der Waals surface area (Å²) in [7, 11) is 0. The summed E-state index contributed by atoms with van der Waals surface area (Å²) in [6, 6.07) is 14.0. The van der Waals surface area contributed by atoms with Crippen molar-refractivity contribution in [2.75, 3.05) is 18.5 Å². The molecule has 0 bridgehead atoms. The number of carbonyl (C=O) groups excluding carboxylic acids is 1. The molecule has 2 aromatic carbocycles. The Morgan fingerprint density at radius 3 is 2.60 bits per heavy atom. The van der Waals surface area contributed by atoms with Crippen LogP contribution in [0.4, 0.5) is 5.69 Å². The molecule has 0 fully saturated rings. The molecule has 0 aliphatic rings. The van der Waals surface area contributed by atoms with Crippen molar-refractivity contribution < 1.29 is 14.3 Å². The summed E-state index contributed by atoms with van der Waals surface area (Å²) < 4.78 is 10.9. The number of hydrogen-bond acceptors (Lipinski definition) is 4. The molecule has 0 saturated carbocycles. The van der Waals surface area contributed by atoms with E-state index in [1.54, 1.807) is 54.7 Å². The highest BCUT2D eigenvalue weighted by Crippen LogP contribution is 2.22. The van der Waals surface area contributed by atoms with E-state index < -0.39 is 0 Å². The third-order valence-corrected chi connectivity index (χ3v) is 3.58. The van der Waals surface area contributed by atoms with Gasteiger partial charge in [0, 0.05) is 17.3 Å². The van der Waals surface area contributed by atoms with Crippen molar-refractivity contribution in [3.63, 3.8) is 0 Å². The smallest absolute Gasteiger partial charge is 0.262 e. The summed E-state index contributed by atoms with van der Waals surface area (Å²) in [4.78, 5) is 26.5. The van der Waals surface area contributed by atoms with Crippen LogP contribution in [0.2, 0.25) is 0 Å². The maximum absolute atomic E-state index is 12.1. The number of aromatic amines is 1. The molecule has 0 aliphatic carbocycles. The third kappa shape index (κ3) is 3.98. The number of carbonyl (C=O) groups is 1. The molecular weight excluding hydrogens is 320 g/mol. The van der Waals surface area contributed by atoms with Gasteiger partial charge in [-0.25, -0.2) is 0 Å². The number of hydrogen-bond donors (Lipinski definition) is 2. The van der Waals surface area contributed by atoms with E-state index in [9.17, 15) is 9.59 Å². The average molecular weight is 338 g/mol. The number of H-pyrrole nitrogens is 1. The highest BCUT2D eigenvalue weighted by atomic mass is 16.5. The summed E-state index contributed by atoms with van der Waals surface area (Å²) >= 11 is 0. The molecule has 6 heteroatoms. The normalized spacial score (nSPS) is 10.4. The number of rotatable bonds is 6. The third-order valence-electron chi connectivity index (χ3n) is 3.58. The topological polar surface area (TPSA) is 80.4 Å². The Kier molecular flexibility index (Phi) is 4.99. The zero-order valence-corrected chi connectivity index (χ0v) is 13.7. The number of ether oxygens (including phenoxy) is 2. The van der Waals surface area contributed by atoms with Crippen molar-refractivity contribution in [1.82, 2.24) is 4.98 Å². The lowest BCUT2D eigenvalue weighted by Gasteiger charge is -2.10. The van der Waals surface area contributed by atoms with Gasteiger partial charge in [-0.05, 0) is 49.4 Å². The van der Waals surface area contributed by atoms with Gasteiger partial charge in [0.1, 0.15) is 11.5 Å². The Labute approximate surface area is 144 Å². The molecule has 0 atom stereocenters. The van der Waals surface area contributed by atoms with E-state index in [2.05, 4.69) is 10.3 Å². The van der Waals surface area contributed by atoms with Gasteiger partial charge >= 0.3 is 0 Å². The van der Waals surface area contributed by atoms with Crippen molar-refractivity contribution in [1.29, 1.82) is 0 Å². The first-order valence-electron chi connectivity index (χ1n) is 7.93. The van der Waals surface area contributed by atoms with Gasteiger partial charge in [0.25, 0.3) is 11.5 Å². The molecular formula is C19H18N2O4. The van der Waals surface area contributed by atoms with Crippen LogP contribution in [0, 0.1) is 0 Å². The number of benzene rings is 2. The Hall–Kier alpha value is -3.28. The quantitative estimate of drug-likeness (QED) is 0.724. The van der Waals surface area contributed by atoms with E-state index in [4.69, 9.17) is 9.47 Å². The predicted molar refractivity (Wildman–Crippen MR) is 96.3 cm³/mol. The first-order valence-corrected chi connectivity index (χ1v) is 7.93. The maximum Gasteiger partial charge on any atom is 0.262 e. The summed E-state index contributed by atoms with van der Waals surface area (Å²) in [5.41, 5.74) is 0.466. The number of aromatic nitrogens is 1. The average Bonchev–Trinajstić information content (AvgIpc) is 2.62. The number of anilines is 1. The molecule has 0 aliphatic heterocycles. The molecule has 0 unspecified atom stereocenters. The van der Waals surface area contributed by atoms with Gasteiger partial charge in [0.2, 0.25) is 0 Å². The fourth-order valence-corrected chi connectivity index (χ4v) is 2.46. The number of amides is 1. The molecule has 1 amide bonds. The fraction of sp³-hybridized carbons (Fsp3) is 0.158. The van der Waals surface area contributed by atoms with Crippen LogP contribution in [0.15, 0.2) is 59.5 Å². The molecule has 0 saturated heterocycles. The van der Waals surface area contributed by atoms with Crippen molar-refractivity contribution in [2.45, 2.75) is 6.92 Å². The summed E-state index contributed by atoms with van der Waals surface area (Å²) in [6.45, 7) is 2.35. The molecule has 0 radical (unpaired) electrons. The zero-order chi connectivity index (χ0) is 17.6. The molecule has 3 aromatic rings. The number of pyridine rings is 1.